The maximum Gasteiger partial charge on any atom is 0.337 e. The summed E-state index contributed by atoms with van der Waals surface area (Å²) in [7, 11) is -1.54. The number of hydrogen-bond acceptors (Lipinski definition) is 3. The first-order chi connectivity index (χ1) is 8.01. The Kier molecular flexibility index (Phi) is 4.67. The van der Waals surface area contributed by atoms with Crippen molar-refractivity contribution in [1.82, 2.24) is 0 Å². The van der Waals surface area contributed by atoms with E-state index in [2.05, 4.69) is 0 Å². The molecule has 0 aromatic heterocycles. The van der Waals surface area contributed by atoms with Gasteiger partial charge in [-0.2, -0.15) is 5.26 Å². The molecule has 2 atom stereocenters. The van der Waals surface area contributed by atoms with Crippen molar-refractivity contribution in [2.75, 3.05) is 0 Å². The van der Waals surface area contributed by atoms with E-state index in [-0.39, 0.29) is 10.6 Å². The molecule has 0 aliphatic rings. The van der Waals surface area contributed by atoms with Crippen molar-refractivity contribution in [3.05, 3.63) is 28.8 Å². The molecule has 0 aliphatic carbocycles. The zero-order valence-electron chi connectivity index (χ0n) is 9.01. The summed E-state index contributed by atoms with van der Waals surface area (Å²) >= 11 is 5.70. The first-order valence-electron chi connectivity index (χ1n) is 4.84. The Bertz CT molecular complexity index is 510. The van der Waals surface area contributed by atoms with Crippen LogP contribution in [-0.2, 0) is 10.8 Å². The second-order valence-corrected chi connectivity index (χ2v) is 5.31. The van der Waals surface area contributed by atoms with Gasteiger partial charge in [-0.25, -0.2) is 4.79 Å². The highest BCUT2D eigenvalue weighted by Crippen LogP contribution is 2.21. The molecule has 4 nitrogen and oxygen atoms in total. The minimum atomic E-state index is -1.54. The highest BCUT2D eigenvalue weighted by molar-refractivity contribution is 7.86. The summed E-state index contributed by atoms with van der Waals surface area (Å²) in [4.78, 5) is 11.2. The third-order valence-electron chi connectivity index (χ3n) is 2.17. The fourth-order valence-electron chi connectivity index (χ4n) is 1.25. The smallest absolute Gasteiger partial charge is 0.337 e. The third-order valence-corrected chi connectivity index (χ3v) is 4.18. The van der Waals surface area contributed by atoms with Crippen LogP contribution < -0.4 is 0 Å². The number of nitrogens with zero attached hydrogens (tertiary/aromatic N) is 1. The van der Waals surface area contributed by atoms with Crippen LogP contribution in [0.2, 0.25) is 5.02 Å². The lowest BCUT2D eigenvalue weighted by Gasteiger charge is -2.07. The van der Waals surface area contributed by atoms with Gasteiger partial charge in [0.15, 0.2) is 0 Å². The molecule has 17 heavy (non-hydrogen) atoms. The summed E-state index contributed by atoms with van der Waals surface area (Å²) < 4.78 is 11.9. The molecule has 0 saturated heterocycles. The van der Waals surface area contributed by atoms with Gasteiger partial charge in [0, 0.05) is 4.90 Å². The van der Waals surface area contributed by atoms with Crippen LogP contribution in [0.3, 0.4) is 0 Å². The van der Waals surface area contributed by atoms with E-state index in [0.29, 0.717) is 11.3 Å². The van der Waals surface area contributed by atoms with Gasteiger partial charge in [-0.1, -0.05) is 18.5 Å². The fraction of sp³-hybridized carbons (Fsp3) is 0.273. The molecule has 0 heterocycles. The topological polar surface area (TPSA) is 78.2 Å². The molecule has 0 spiro atoms. The number of halogens is 1. The molecule has 0 saturated carbocycles. The van der Waals surface area contributed by atoms with E-state index in [4.69, 9.17) is 22.0 Å². The molecule has 1 rings (SSSR count). The summed E-state index contributed by atoms with van der Waals surface area (Å²) in [6.07, 6.45) is 0.439. The second kappa shape index (κ2) is 5.80. The highest BCUT2D eigenvalue weighted by Gasteiger charge is 2.18. The predicted molar refractivity (Wildman–Crippen MR) is 64.5 cm³/mol. The van der Waals surface area contributed by atoms with Crippen LogP contribution >= 0.6 is 11.6 Å². The van der Waals surface area contributed by atoms with E-state index in [0.717, 1.165) is 0 Å². The average molecular weight is 272 g/mol. The molecule has 0 bridgehead atoms. The number of nitriles is 1. The normalized spacial score (nSPS) is 13.7. The molecule has 0 aliphatic heterocycles. The number of carboxylic acids is 1. The van der Waals surface area contributed by atoms with Crippen LogP contribution in [0.25, 0.3) is 0 Å². The van der Waals surface area contributed by atoms with Crippen LogP contribution in [-0.4, -0.2) is 20.5 Å². The van der Waals surface area contributed by atoms with Gasteiger partial charge in [0.05, 0.1) is 27.5 Å². The Hall–Kier alpha value is -1.38. The summed E-state index contributed by atoms with van der Waals surface area (Å²) in [6, 6.07) is 6.04. The molecule has 6 heteroatoms. The van der Waals surface area contributed by atoms with Gasteiger partial charge in [0.1, 0.15) is 5.25 Å². The molecular formula is C11H10ClNO3S. The molecule has 0 fully saturated rings. The largest absolute Gasteiger partial charge is 0.478 e. The Balaban J connectivity index is 3.17. The van der Waals surface area contributed by atoms with Crippen molar-refractivity contribution >= 4 is 28.4 Å². The van der Waals surface area contributed by atoms with E-state index in [1.54, 1.807) is 6.92 Å². The third kappa shape index (κ3) is 3.05. The van der Waals surface area contributed by atoms with Crippen molar-refractivity contribution in [1.29, 1.82) is 5.26 Å². The van der Waals surface area contributed by atoms with Gasteiger partial charge >= 0.3 is 5.97 Å². The van der Waals surface area contributed by atoms with E-state index >= 15 is 0 Å². The lowest BCUT2D eigenvalue weighted by molar-refractivity contribution is 0.0697. The first-order valence-corrected chi connectivity index (χ1v) is 6.43. The monoisotopic (exact) mass is 271 g/mol. The minimum absolute atomic E-state index is 0.0863. The first kappa shape index (κ1) is 13.7. The molecule has 1 N–H and O–H groups in total. The van der Waals surface area contributed by atoms with Crippen molar-refractivity contribution in [2.24, 2.45) is 0 Å². The Morgan fingerprint density at radius 3 is 2.76 bits per heavy atom. The van der Waals surface area contributed by atoms with Gasteiger partial charge in [-0.3, -0.25) is 4.21 Å². The summed E-state index contributed by atoms with van der Waals surface area (Å²) in [5, 5.41) is 17.1. The van der Waals surface area contributed by atoms with Gasteiger partial charge in [-0.05, 0) is 24.6 Å². The lowest BCUT2D eigenvalue weighted by atomic mass is 10.2. The van der Waals surface area contributed by atoms with E-state index < -0.39 is 22.0 Å². The van der Waals surface area contributed by atoms with Crippen molar-refractivity contribution in [2.45, 2.75) is 23.5 Å². The number of carboxylic acid groups (broad SMARTS) is 1. The minimum Gasteiger partial charge on any atom is -0.478 e. The van der Waals surface area contributed by atoms with Crippen molar-refractivity contribution in [3.63, 3.8) is 0 Å². The second-order valence-electron chi connectivity index (χ2n) is 3.27. The SMILES string of the molecule is CCC(C#N)S(=O)c1ccc(Cl)c(C(=O)O)c1. The predicted octanol–water partition coefficient (Wildman–Crippen LogP) is 2.45. The molecule has 1 aromatic rings. The summed E-state index contributed by atoms with van der Waals surface area (Å²) in [6.45, 7) is 1.75. The molecule has 0 amide bonds. The van der Waals surface area contributed by atoms with Crippen LogP contribution in [0.4, 0.5) is 0 Å². The number of aromatic carboxylic acids is 1. The standard InChI is InChI=1S/C11H10ClNO3S/c1-2-7(6-13)17(16)8-3-4-10(12)9(5-8)11(14)15/h3-5,7H,2H2,1H3,(H,14,15). The molecule has 1 aromatic carbocycles. The summed E-state index contributed by atoms with van der Waals surface area (Å²) in [5.41, 5.74) is -0.106. The van der Waals surface area contributed by atoms with Gasteiger partial charge in [0.2, 0.25) is 0 Å². The Morgan fingerprint density at radius 1 is 1.65 bits per heavy atom. The van der Waals surface area contributed by atoms with Crippen molar-refractivity contribution < 1.29 is 14.1 Å². The molecule has 90 valence electrons. The van der Waals surface area contributed by atoms with Crippen LogP contribution in [0, 0.1) is 11.3 Å². The average Bonchev–Trinajstić information content (AvgIpc) is 2.30. The van der Waals surface area contributed by atoms with Crippen LogP contribution in [0.15, 0.2) is 23.1 Å². The summed E-state index contributed by atoms with van der Waals surface area (Å²) in [5.74, 6) is -1.18. The van der Waals surface area contributed by atoms with Crippen LogP contribution in [0.5, 0.6) is 0 Å². The van der Waals surface area contributed by atoms with E-state index in [1.807, 2.05) is 6.07 Å². The maximum atomic E-state index is 11.9. The zero-order chi connectivity index (χ0) is 13.0. The van der Waals surface area contributed by atoms with Gasteiger partial charge < -0.3 is 5.11 Å². The quantitative estimate of drug-likeness (QED) is 0.912. The fourth-order valence-corrected chi connectivity index (χ4v) is 2.61. The highest BCUT2D eigenvalue weighted by atomic mass is 35.5. The van der Waals surface area contributed by atoms with Crippen molar-refractivity contribution in [3.8, 4) is 6.07 Å². The molecule has 2 unspecified atom stereocenters. The Morgan fingerprint density at radius 2 is 2.29 bits per heavy atom. The number of hydrogen-bond donors (Lipinski definition) is 1. The number of carbonyl (C=O) groups is 1. The van der Waals surface area contributed by atoms with Gasteiger partial charge in [-0.15, -0.1) is 0 Å². The number of rotatable bonds is 4. The van der Waals surface area contributed by atoms with E-state index in [1.165, 1.54) is 18.2 Å². The molecular weight excluding hydrogens is 262 g/mol. The van der Waals surface area contributed by atoms with Crippen LogP contribution in [0.1, 0.15) is 23.7 Å². The zero-order valence-corrected chi connectivity index (χ0v) is 10.6. The van der Waals surface area contributed by atoms with Gasteiger partial charge in [0.25, 0.3) is 0 Å². The molecule has 0 radical (unpaired) electrons. The lowest BCUT2D eigenvalue weighted by Crippen LogP contribution is -2.12. The number of benzene rings is 1. The maximum absolute atomic E-state index is 11.9. The Labute approximate surface area is 106 Å². The van der Waals surface area contributed by atoms with E-state index in [9.17, 15) is 9.00 Å².